The number of ketones is 1. The number of nitrogens with two attached hydrogens (primary N) is 1. The number of amides is 1. The average Bonchev–Trinajstić information content (AvgIpc) is 3.40. The van der Waals surface area contributed by atoms with Crippen LogP contribution in [0.3, 0.4) is 0 Å². The minimum absolute atomic E-state index is 0.00786. The Labute approximate surface area is 225 Å². The van der Waals surface area contributed by atoms with Crippen LogP contribution in [0.15, 0.2) is 48.8 Å². The molecule has 1 amide bonds. The van der Waals surface area contributed by atoms with Crippen LogP contribution in [0.1, 0.15) is 61.0 Å². The predicted molar refractivity (Wildman–Crippen MR) is 146 cm³/mol. The fourth-order valence-corrected chi connectivity index (χ4v) is 5.13. The molecule has 9 nitrogen and oxygen atoms in total. The molecule has 0 unspecified atom stereocenters. The minimum atomic E-state index is -0.305. The monoisotopic (exact) mass is 530 g/mol. The van der Waals surface area contributed by atoms with Gasteiger partial charge in [0.25, 0.3) is 0 Å². The van der Waals surface area contributed by atoms with Gasteiger partial charge in [-0.1, -0.05) is 13.0 Å². The van der Waals surface area contributed by atoms with E-state index in [-0.39, 0.29) is 42.3 Å². The smallest absolute Gasteiger partial charge is 0.222 e. The first-order chi connectivity index (χ1) is 18.9. The molecule has 3 N–H and O–H groups in total. The Morgan fingerprint density at radius 1 is 1.08 bits per heavy atom. The highest BCUT2D eigenvalue weighted by molar-refractivity contribution is 6.02. The molecule has 0 atom stereocenters. The highest BCUT2D eigenvalue weighted by Gasteiger charge is 2.30. The summed E-state index contributed by atoms with van der Waals surface area (Å²) in [6.45, 7) is 2.90. The zero-order valence-corrected chi connectivity index (χ0v) is 21.8. The van der Waals surface area contributed by atoms with Gasteiger partial charge in [-0.25, -0.2) is 9.37 Å². The number of fused-ring (bicyclic) bond motifs is 1. The number of rotatable bonds is 8. The SMILES string of the molecule is CCC(=O)c1c(C2CCN(C(=O)CCCO)CC2)nc2c(-c3ccc(-c4ccc(F)cc4)nc3)cnn2c1N. The molecule has 0 spiro atoms. The van der Waals surface area contributed by atoms with E-state index < -0.39 is 0 Å². The fraction of sp³-hybridized carbons (Fsp3) is 0.345. The second kappa shape index (κ2) is 11.3. The molecule has 1 aliphatic heterocycles. The first-order valence-electron chi connectivity index (χ1n) is 13.2. The highest BCUT2D eigenvalue weighted by atomic mass is 19.1. The van der Waals surface area contributed by atoms with Crippen LogP contribution in [0, 0.1) is 5.82 Å². The van der Waals surface area contributed by atoms with E-state index in [9.17, 15) is 14.0 Å². The van der Waals surface area contributed by atoms with Gasteiger partial charge in [0.15, 0.2) is 11.4 Å². The number of nitrogen functional groups attached to an aromatic ring is 1. The molecule has 202 valence electrons. The van der Waals surface area contributed by atoms with E-state index in [0.717, 1.165) is 16.7 Å². The fourth-order valence-electron chi connectivity index (χ4n) is 5.13. The van der Waals surface area contributed by atoms with Crippen LogP contribution in [0.5, 0.6) is 0 Å². The van der Waals surface area contributed by atoms with Crippen molar-refractivity contribution >= 4 is 23.2 Å². The van der Waals surface area contributed by atoms with E-state index >= 15 is 0 Å². The van der Waals surface area contributed by atoms with Gasteiger partial charge in [-0.3, -0.25) is 14.6 Å². The lowest BCUT2D eigenvalue weighted by atomic mass is 9.88. The molecule has 1 aromatic carbocycles. The highest BCUT2D eigenvalue weighted by Crippen LogP contribution is 2.35. The van der Waals surface area contributed by atoms with Crippen molar-refractivity contribution in [1.29, 1.82) is 0 Å². The van der Waals surface area contributed by atoms with Crippen molar-refractivity contribution < 1.29 is 19.1 Å². The number of benzene rings is 1. The van der Waals surface area contributed by atoms with Crippen LogP contribution < -0.4 is 5.73 Å². The number of likely N-dealkylation sites (tertiary alicyclic amines) is 1. The predicted octanol–water partition coefficient (Wildman–Crippen LogP) is 4.25. The summed E-state index contributed by atoms with van der Waals surface area (Å²) in [7, 11) is 0. The normalized spacial score (nSPS) is 14.2. The summed E-state index contributed by atoms with van der Waals surface area (Å²) in [5.74, 6) is -0.149. The standard InChI is InChI=1S/C29H31FN6O3/c1-2-24(38)26-27(19-11-13-35(14-12-19)25(39)4-3-15-37)34-29-22(17-33-36(29)28(26)31)20-7-10-23(32-16-20)18-5-8-21(30)9-6-18/h5-10,16-17,19,37H,2-4,11-15,31H2,1H3. The number of Topliss-reactive ketones (excluding diaryl/α,β-unsaturated/α-hetero) is 1. The number of anilines is 1. The first kappa shape index (κ1) is 26.4. The summed E-state index contributed by atoms with van der Waals surface area (Å²) in [5, 5.41) is 13.5. The molecule has 1 aliphatic rings. The molecular weight excluding hydrogens is 499 g/mol. The molecule has 10 heteroatoms. The number of pyridine rings is 1. The van der Waals surface area contributed by atoms with Crippen LogP contribution in [-0.4, -0.2) is 61.0 Å². The third kappa shape index (κ3) is 5.24. The molecule has 0 saturated carbocycles. The molecule has 0 bridgehead atoms. The van der Waals surface area contributed by atoms with Gasteiger partial charge in [-0.05, 0) is 49.6 Å². The summed E-state index contributed by atoms with van der Waals surface area (Å²) >= 11 is 0. The van der Waals surface area contributed by atoms with Crippen molar-refractivity contribution in [1.82, 2.24) is 24.5 Å². The zero-order valence-electron chi connectivity index (χ0n) is 21.8. The van der Waals surface area contributed by atoms with Gasteiger partial charge in [-0.15, -0.1) is 0 Å². The molecule has 0 radical (unpaired) electrons. The van der Waals surface area contributed by atoms with Crippen molar-refractivity contribution in [2.75, 3.05) is 25.4 Å². The number of halogens is 1. The van der Waals surface area contributed by atoms with Crippen LogP contribution in [-0.2, 0) is 4.79 Å². The molecule has 1 saturated heterocycles. The number of carbonyl (C=O) groups is 2. The largest absolute Gasteiger partial charge is 0.396 e. The number of piperidine rings is 1. The van der Waals surface area contributed by atoms with Gasteiger partial charge < -0.3 is 15.7 Å². The Balaban J connectivity index is 1.49. The van der Waals surface area contributed by atoms with Crippen molar-refractivity contribution in [3.05, 3.63) is 65.9 Å². The Kier molecular flexibility index (Phi) is 7.65. The molecule has 1 fully saturated rings. The van der Waals surface area contributed by atoms with Crippen LogP contribution >= 0.6 is 0 Å². The molecular formula is C29H31FN6O3. The van der Waals surface area contributed by atoms with E-state index in [1.807, 2.05) is 17.0 Å². The second-order valence-electron chi connectivity index (χ2n) is 9.75. The van der Waals surface area contributed by atoms with Gasteiger partial charge in [0.05, 0.1) is 23.1 Å². The Morgan fingerprint density at radius 3 is 2.44 bits per heavy atom. The van der Waals surface area contributed by atoms with E-state index in [2.05, 4.69) is 10.1 Å². The number of carbonyl (C=O) groups excluding carboxylic acids is 2. The van der Waals surface area contributed by atoms with Gasteiger partial charge in [-0.2, -0.15) is 9.61 Å². The average molecular weight is 531 g/mol. The Morgan fingerprint density at radius 2 is 1.79 bits per heavy atom. The van der Waals surface area contributed by atoms with Crippen LogP contribution in [0.25, 0.3) is 28.0 Å². The van der Waals surface area contributed by atoms with Gasteiger partial charge in [0.1, 0.15) is 11.6 Å². The summed E-state index contributed by atoms with van der Waals surface area (Å²) in [5.41, 5.74) is 11.1. The summed E-state index contributed by atoms with van der Waals surface area (Å²) in [6.07, 6.45) is 5.77. The van der Waals surface area contributed by atoms with Crippen LogP contribution in [0.2, 0.25) is 0 Å². The first-order valence-corrected chi connectivity index (χ1v) is 13.2. The van der Waals surface area contributed by atoms with Crippen molar-refractivity contribution in [2.45, 2.75) is 44.9 Å². The van der Waals surface area contributed by atoms with E-state index in [4.69, 9.17) is 15.8 Å². The van der Waals surface area contributed by atoms with E-state index in [0.29, 0.717) is 61.4 Å². The third-order valence-electron chi connectivity index (χ3n) is 7.31. The topological polar surface area (TPSA) is 127 Å². The summed E-state index contributed by atoms with van der Waals surface area (Å²) in [4.78, 5) is 36.8. The third-order valence-corrected chi connectivity index (χ3v) is 7.31. The maximum absolute atomic E-state index is 13.3. The second-order valence-corrected chi connectivity index (χ2v) is 9.75. The number of hydrogen-bond acceptors (Lipinski definition) is 7. The van der Waals surface area contributed by atoms with Crippen molar-refractivity contribution in [3.8, 4) is 22.4 Å². The quantitative estimate of drug-likeness (QED) is 0.326. The lowest BCUT2D eigenvalue weighted by Crippen LogP contribution is -2.38. The minimum Gasteiger partial charge on any atom is -0.396 e. The summed E-state index contributed by atoms with van der Waals surface area (Å²) in [6, 6.07) is 9.92. The molecule has 39 heavy (non-hydrogen) atoms. The van der Waals surface area contributed by atoms with Crippen molar-refractivity contribution in [2.24, 2.45) is 0 Å². The number of aliphatic hydroxyl groups excluding tert-OH is 1. The Bertz CT molecular complexity index is 1490. The molecule has 3 aromatic heterocycles. The molecule has 5 rings (SSSR count). The number of nitrogens with zero attached hydrogens (tertiary/aromatic N) is 5. The molecule has 0 aliphatic carbocycles. The molecule has 4 heterocycles. The summed E-state index contributed by atoms with van der Waals surface area (Å²) < 4.78 is 14.8. The van der Waals surface area contributed by atoms with E-state index in [1.54, 1.807) is 31.5 Å². The van der Waals surface area contributed by atoms with Crippen molar-refractivity contribution in [3.63, 3.8) is 0 Å². The van der Waals surface area contributed by atoms with Gasteiger partial charge in [0, 0.05) is 61.3 Å². The van der Waals surface area contributed by atoms with Gasteiger partial charge in [0.2, 0.25) is 5.91 Å². The lowest BCUT2D eigenvalue weighted by molar-refractivity contribution is -0.132. The Hall–Kier alpha value is -4.18. The van der Waals surface area contributed by atoms with Crippen LogP contribution in [0.4, 0.5) is 10.2 Å². The number of aliphatic hydroxyl groups is 1. The maximum Gasteiger partial charge on any atom is 0.222 e. The number of hydrogen-bond donors (Lipinski definition) is 2. The number of aromatic nitrogens is 4. The maximum atomic E-state index is 13.3. The van der Waals surface area contributed by atoms with Gasteiger partial charge >= 0.3 is 0 Å². The lowest BCUT2D eigenvalue weighted by Gasteiger charge is -2.32. The zero-order chi connectivity index (χ0) is 27.5. The van der Waals surface area contributed by atoms with E-state index in [1.165, 1.54) is 16.6 Å². The molecule has 4 aromatic rings.